The van der Waals surface area contributed by atoms with E-state index in [0.29, 0.717) is 5.69 Å². The van der Waals surface area contributed by atoms with Gasteiger partial charge in [0.2, 0.25) is 5.92 Å². The highest BCUT2D eigenvalue weighted by molar-refractivity contribution is 5.57. The number of alkyl halides is 5. The van der Waals surface area contributed by atoms with Gasteiger partial charge in [-0.1, -0.05) is 27.7 Å². The molecule has 3 heterocycles. The maximum absolute atomic E-state index is 14.4. The summed E-state index contributed by atoms with van der Waals surface area (Å²) >= 11 is 0. The van der Waals surface area contributed by atoms with Crippen LogP contribution in [-0.2, 0) is 28.4 Å². The number of pyridine rings is 2. The Labute approximate surface area is 214 Å². The number of hydrogen-bond acceptors (Lipinski definition) is 3. The molecule has 200 valence electrons. The summed E-state index contributed by atoms with van der Waals surface area (Å²) in [7, 11) is 0. The van der Waals surface area contributed by atoms with Crippen molar-refractivity contribution >= 4 is 0 Å². The summed E-state index contributed by atoms with van der Waals surface area (Å²) in [4.78, 5) is 9.42. The van der Waals surface area contributed by atoms with Gasteiger partial charge in [-0.15, -0.1) is 0 Å². The van der Waals surface area contributed by atoms with Gasteiger partial charge in [0.1, 0.15) is 6.10 Å². The number of nitrogens with zero attached hydrogens (tertiary/aromatic N) is 2. The van der Waals surface area contributed by atoms with E-state index in [4.69, 9.17) is 9.72 Å². The maximum Gasteiger partial charge on any atom is 0.417 e. The van der Waals surface area contributed by atoms with E-state index in [9.17, 15) is 22.0 Å². The normalized spacial score (nSPS) is 26.4. The lowest BCUT2D eigenvalue weighted by molar-refractivity contribution is -0.142. The summed E-state index contributed by atoms with van der Waals surface area (Å²) in [6, 6.07) is 2.39. The molecule has 0 N–H and O–H groups in total. The van der Waals surface area contributed by atoms with Crippen LogP contribution in [-0.4, -0.2) is 15.9 Å². The van der Waals surface area contributed by atoms with Crippen molar-refractivity contribution in [1.82, 2.24) is 9.97 Å². The van der Waals surface area contributed by atoms with Gasteiger partial charge < -0.3 is 4.74 Å². The average molecular weight is 521 g/mol. The molecule has 1 aliphatic heterocycles. The molecule has 2 saturated carbocycles. The van der Waals surface area contributed by atoms with Crippen molar-refractivity contribution in [1.29, 1.82) is 0 Å². The molecule has 2 aromatic rings. The van der Waals surface area contributed by atoms with Crippen molar-refractivity contribution in [3.63, 3.8) is 0 Å². The fraction of sp³-hybridized carbons (Fsp3) is 0.655. The van der Waals surface area contributed by atoms with Crippen LogP contribution in [0, 0.1) is 5.41 Å². The lowest BCUT2D eigenvalue weighted by Gasteiger charge is -2.43. The second kappa shape index (κ2) is 7.73. The van der Waals surface area contributed by atoms with E-state index in [2.05, 4.69) is 18.8 Å². The standard InChI is InChI=1S/C29H33F5N2O/c1-16(2)23-20-22(21-19(36-23)13-25(3,4)15-26(21)7-8-26)27(9-11-28(30,31)12-10-27)37-24(20)18-6-5-17(14-35-18)29(32,33)34/h5-6,14,16,24H,7-13,15H2,1-4H3/t24-/m1/s1. The van der Waals surface area contributed by atoms with E-state index >= 15 is 0 Å². The molecular weight excluding hydrogens is 487 g/mol. The van der Waals surface area contributed by atoms with Gasteiger partial charge in [0, 0.05) is 36.0 Å². The molecule has 6 rings (SSSR count). The van der Waals surface area contributed by atoms with Gasteiger partial charge in [0.15, 0.2) is 0 Å². The first-order valence-corrected chi connectivity index (χ1v) is 13.3. The Morgan fingerprint density at radius 2 is 1.65 bits per heavy atom. The van der Waals surface area contributed by atoms with Crippen molar-refractivity contribution < 1.29 is 26.7 Å². The third-order valence-corrected chi connectivity index (χ3v) is 8.97. The first kappa shape index (κ1) is 25.2. The summed E-state index contributed by atoms with van der Waals surface area (Å²) in [5, 5.41) is 0. The van der Waals surface area contributed by atoms with E-state index in [0.717, 1.165) is 60.5 Å². The third kappa shape index (κ3) is 4.00. The molecule has 0 radical (unpaired) electrons. The lowest BCUT2D eigenvalue weighted by Crippen LogP contribution is -2.40. The summed E-state index contributed by atoms with van der Waals surface area (Å²) in [5.41, 5.74) is 3.66. The van der Waals surface area contributed by atoms with Crippen molar-refractivity contribution in [2.75, 3.05) is 0 Å². The highest BCUT2D eigenvalue weighted by atomic mass is 19.4. The van der Waals surface area contributed by atoms with Gasteiger partial charge >= 0.3 is 6.18 Å². The van der Waals surface area contributed by atoms with Crippen LogP contribution in [0.2, 0.25) is 0 Å². The zero-order chi connectivity index (χ0) is 26.6. The largest absolute Gasteiger partial charge is 0.417 e. The second-order valence-corrected chi connectivity index (χ2v) is 12.9. The fourth-order valence-electron chi connectivity index (χ4n) is 7.31. The van der Waals surface area contributed by atoms with E-state index in [1.807, 2.05) is 13.8 Å². The molecule has 37 heavy (non-hydrogen) atoms. The Hall–Kier alpha value is -2.09. The molecule has 2 fully saturated rings. The lowest BCUT2D eigenvalue weighted by atomic mass is 9.64. The van der Waals surface area contributed by atoms with Crippen molar-refractivity contribution in [2.24, 2.45) is 5.41 Å². The number of halogens is 5. The van der Waals surface area contributed by atoms with Gasteiger partial charge in [-0.25, -0.2) is 8.78 Å². The molecule has 0 bridgehead atoms. The summed E-state index contributed by atoms with van der Waals surface area (Å²) in [6.45, 7) is 8.63. The first-order valence-electron chi connectivity index (χ1n) is 13.3. The Bertz CT molecular complexity index is 1230. The molecule has 3 aliphatic carbocycles. The average Bonchev–Trinajstić information content (AvgIpc) is 3.47. The highest BCUT2D eigenvalue weighted by Gasteiger charge is 2.60. The van der Waals surface area contributed by atoms with Crippen LogP contribution in [0.25, 0.3) is 0 Å². The number of aromatic nitrogens is 2. The Kier molecular flexibility index (Phi) is 5.27. The van der Waals surface area contributed by atoms with E-state index in [1.54, 1.807) is 0 Å². The molecule has 0 saturated heterocycles. The fourth-order valence-corrected chi connectivity index (χ4v) is 7.31. The van der Waals surface area contributed by atoms with Crippen LogP contribution in [0.5, 0.6) is 0 Å². The Balaban J connectivity index is 1.58. The number of fused-ring (bicyclic) bond motifs is 5. The molecule has 8 heteroatoms. The molecule has 1 atom stereocenters. The van der Waals surface area contributed by atoms with Gasteiger partial charge in [-0.2, -0.15) is 13.2 Å². The monoisotopic (exact) mass is 520 g/mol. The molecule has 4 aliphatic rings. The van der Waals surface area contributed by atoms with E-state index in [1.165, 1.54) is 11.6 Å². The van der Waals surface area contributed by atoms with Crippen molar-refractivity contribution in [3.8, 4) is 0 Å². The Morgan fingerprint density at radius 3 is 2.19 bits per heavy atom. The summed E-state index contributed by atoms with van der Waals surface area (Å²) in [5.74, 6) is -2.72. The topological polar surface area (TPSA) is 35.0 Å². The molecule has 0 unspecified atom stereocenters. The van der Waals surface area contributed by atoms with Gasteiger partial charge in [0.25, 0.3) is 0 Å². The molecule has 3 nitrogen and oxygen atoms in total. The highest BCUT2D eigenvalue weighted by Crippen LogP contribution is 2.66. The quantitative estimate of drug-likeness (QED) is 0.375. The molecule has 2 aromatic heterocycles. The summed E-state index contributed by atoms with van der Waals surface area (Å²) < 4.78 is 75.4. The molecular formula is C29H33F5N2O. The number of hydrogen-bond donors (Lipinski definition) is 0. The third-order valence-electron chi connectivity index (χ3n) is 8.97. The zero-order valence-corrected chi connectivity index (χ0v) is 21.7. The zero-order valence-electron chi connectivity index (χ0n) is 21.7. The SMILES string of the molecule is CC(C)c1nc2c(c3c1[C@@H](c1ccc(C(F)(F)F)cn1)OC31CCC(F)(F)CC1)C1(CC1)CC(C)(C)C2. The van der Waals surface area contributed by atoms with Crippen LogP contribution in [0.3, 0.4) is 0 Å². The van der Waals surface area contributed by atoms with Crippen molar-refractivity contribution in [3.05, 3.63) is 57.7 Å². The minimum atomic E-state index is -4.50. The molecule has 2 spiro atoms. The summed E-state index contributed by atoms with van der Waals surface area (Å²) in [6.07, 6.45) is -0.681. The Morgan fingerprint density at radius 1 is 0.973 bits per heavy atom. The maximum atomic E-state index is 14.4. The number of rotatable bonds is 2. The van der Waals surface area contributed by atoms with E-state index in [-0.39, 0.29) is 42.4 Å². The predicted molar refractivity (Wildman–Crippen MR) is 129 cm³/mol. The predicted octanol–water partition coefficient (Wildman–Crippen LogP) is 8.15. The molecule has 0 aromatic carbocycles. The van der Waals surface area contributed by atoms with Crippen LogP contribution in [0.1, 0.15) is 124 Å². The second-order valence-electron chi connectivity index (χ2n) is 12.9. The van der Waals surface area contributed by atoms with Crippen LogP contribution < -0.4 is 0 Å². The molecule has 0 amide bonds. The number of ether oxygens (including phenoxy) is 1. The van der Waals surface area contributed by atoms with Crippen LogP contribution >= 0.6 is 0 Å². The van der Waals surface area contributed by atoms with Gasteiger partial charge in [-0.05, 0) is 78.5 Å². The van der Waals surface area contributed by atoms with Crippen LogP contribution in [0.15, 0.2) is 18.3 Å². The van der Waals surface area contributed by atoms with Gasteiger partial charge in [0.05, 0.1) is 16.9 Å². The van der Waals surface area contributed by atoms with Crippen LogP contribution in [0.4, 0.5) is 22.0 Å². The smallest absolute Gasteiger partial charge is 0.356 e. The van der Waals surface area contributed by atoms with E-state index < -0.39 is 29.4 Å². The minimum absolute atomic E-state index is 0.0253. The minimum Gasteiger partial charge on any atom is -0.356 e. The van der Waals surface area contributed by atoms with Crippen molar-refractivity contribution in [2.45, 2.75) is 114 Å². The first-order chi connectivity index (χ1) is 17.2. The van der Waals surface area contributed by atoms with Gasteiger partial charge in [-0.3, -0.25) is 9.97 Å².